The molecule has 1 rings (SSSR count). The van der Waals surface area contributed by atoms with Gasteiger partial charge in [-0.05, 0) is 19.3 Å². The van der Waals surface area contributed by atoms with Gasteiger partial charge in [-0.15, -0.1) is 0 Å². The van der Waals surface area contributed by atoms with E-state index in [9.17, 15) is 4.79 Å². The summed E-state index contributed by atoms with van der Waals surface area (Å²) in [6.45, 7) is 1.93. The zero-order valence-corrected chi connectivity index (χ0v) is 9.67. The highest BCUT2D eigenvalue weighted by molar-refractivity contribution is 5.73. The van der Waals surface area contributed by atoms with Crippen LogP contribution in [-0.2, 0) is 4.79 Å². The van der Waals surface area contributed by atoms with Gasteiger partial charge < -0.3 is 10.4 Å². The summed E-state index contributed by atoms with van der Waals surface area (Å²) in [5.74, 6) is -0.709. The number of nitrogens with one attached hydrogen (secondary N) is 1. The molecule has 1 aliphatic carbocycles. The maximum Gasteiger partial charge on any atom is 0.320 e. The van der Waals surface area contributed by atoms with Crippen molar-refractivity contribution in [2.75, 3.05) is 0 Å². The lowest BCUT2D eigenvalue weighted by atomic mass is 9.96. The monoisotopic (exact) mass is 213 g/mol. The molecule has 0 amide bonds. The lowest BCUT2D eigenvalue weighted by Gasteiger charge is -2.24. The summed E-state index contributed by atoms with van der Waals surface area (Å²) in [5.41, 5.74) is 0. The van der Waals surface area contributed by atoms with Crippen molar-refractivity contribution in [1.82, 2.24) is 5.32 Å². The van der Waals surface area contributed by atoms with Gasteiger partial charge in [0, 0.05) is 6.04 Å². The molecule has 2 N–H and O–H groups in total. The molecule has 0 radical (unpaired) electrons. The second-order valence-electron chi connectivity index (χ2n) is 4.51. The Labute approximate surface area is 92.3 Å². The fourth-order valence-corrected chi connectivity index (χ4v) is 2.27. The first-order chi connectivity index (χ1) is 7.24. The van der Waals surface area contributed by atoms with Gasteiger partial charge >= 0.3 is 5.97 Å². The highest BCUT2D eigenvalue weighted by Gasteiger charge is 2.19. The lowest BCUT2D eigenvalue weighted by Crippen LogP contribution is -2.43. The summed E-state index contributed by atoms with van der Waals surface area (Å²) in [7, 11) is 0. The lowest BCUT2D eigenvalue weighted by molar-refractivity contribution is -0.139. The second kappa shape index (κ2) is 6.83. The number of carboxylic acid groups (broad SMARTS) is 1. The van der Waals surface area contributed by atoms with E-state index in [4.69, 9.17) is 5.11 Å². The van der Waals surface area contributed by atoms with Crippen molar-refractivity contribution in [2.24, 2.45) is 0 Å². The van der Waals surface area contributed by atoms with Crippen molar-refractivity contribution in [3.05, 3.63) is 0 Å². The Balaban J connectivity index is 2.36. The van der Waals surface area contributed by atoms with Crippen LogP contribution < -0.4 is 5.32 Å². The van der Waals surface area contributed by atoms with Gasteiger partial charge in [0.25, 0.3) is 0 Å². The fraction of sp³-hybridized carbons (Fsp3) is 0.917. The van der Waals surface area contributed by atoms with Gasteiger partial charge in [-0.25, -0.2) is 0 Å². The molecular formula is C12H23NO2. The molecule has 15 heavy (non-hydrogen) atoms. The Kier molecular flexibility index (Phi) is 5.69. The Hall–Kier alpha value is -0.570. The van der Waals surface area contributed by atoms with E-state index in [0.29, 0.717) is 12.5 Å². The predicted molar refractivity (Wildman–Crippen MR) is 61.0 cm³/mol. The second-order valence-corrected chi connectivity index (χ2v) is 4.51. The topological polar surface area (TPSA) is 49.3 Å². The van der Waals surface area contributed by atoms with Crippen molar-refractivity contribution >= 4 is 5.97 Å². The molecule has 0 bridgehead atoms. The van der Waals surface area contributed by atoms with Crippen molar-refractivity contribution in [3.63, 3.8) is 0 Å². The SMILES string of the molecule is CCC(NC1CCCCCCC1)C(=O)O. The van der Waals surface area contributed by atoms with Crippen LogP contribution in [0.2, 0.25) is 0 Å². The van der Waals surface area contributed by atoms with E-state index in [1.165, 1.54) is 32.1 Å². The molecule has 0 aromatic carbocycles. The first kappa shape index (κ1) is 12.5. The van der Waals surface area contributed by atoms with Crippen LogP contribution in [0.15, 0.2) is 0 Å². The van der Waals surface area contributed by atoms with E-state index in [2.05, 4.69) is 5.32 Å². The average molecular weight is 213 g/mol. The Morgan fingerprint density at radius 3 is 2.27 bits per heavy atom. The molecule has 0 aromatic rings. The molecule has 1 unspecified atom stereocenters. The molecule has 1 fully saturated rings. The number of aliphatic carboxylic acids is 1. The maximum absolute atomic E-state index is 10.9. The van der Waals surface area contributed by atoms with Crippen molar-refractivity contribution in [3.8, 4) is 0 Å². The Morgan fingerprint density at radius 1 is 1.27 bits per heavy atom. The third-order valence-electron chi connectivity index (χ3n) is 3.25. The minimum atomic E-state index is -0.709. The summed E-state index contributed by atoms with van der Waals surface area (Å²) in [6.07, 6.45) is 9.41. The number of carbonyl (C=O) groups is 1. The Bertz CT molecular complexity index is 186. The molecule has 0 spiro atoms. The van der Waals surface area contributed by atoms with Crippen LogP contribution in [0.25, 0.3) is 0 Å². The zero-order chi connectivity index (χ0) is 11.1. The van der Waals surface area contributed by atoms with E-state index in [0.717, 1.165) is 12.8 Å². The van der Waals surface area contributed by atoms with E-state index in [-0.39, 0.29) is 6.04 Å². The molecule has 88 valence electrons. The molecule has 1 saturated carbocycles. The van der Waals surface area contributed by atoms with Gasteiger partial charge in [-0.2, -0.15) is 0 Å². The number of hydrogen-bond donors (Lipinski definition) is 2. The van der Waals surface area contributed by atoms with Gasteiger partial charge in [0.1, 0.15) is 6.04 Å². The highest BCUT2D eigenvalue weighted by atomic mass is 16.4. The van der Waals surface area contributed by atoms with Gasteiger partial charge in [0.05, 0.1) is 0 Å². The van der Waals surface area contributed by atoms with E-state index >= 15 is 0 Å². The van der Waals surface area contributed by atoms with Gasteiger partial charge in [-0.1, -0.05) is 39.0 Å². The van der Waals surface area contributed by atoms with Gasteiger partial charge in [0.15, 0.2) is 0 Å². The first-order valence-electron chi connectivity index (χ1n) is 6.23. The van der Waals surface area contributed by atoms with E-state index < -0.39 is 5.97 Å². The molecule has 0 saturated heterocycles. The third kappa shape index (κ3) is 4.65. The smallest absolute Gasteiger partial charge is 0.320 e. The molecule has 0 aliphatic heterocycles. The third-order valence-corrected chi connectivity index (χ3v) is 3.25. The van der Waals surface area contributed by atoms with E-state index in [1.807, 2.05) is 6.92 Å². The maximum atomic E-state index is 10.9. The fourth-order valence-electron chi connectivity index (χ4n) is 2.27. The van der Waals surface area contributed by atoms with Crippen LogP contribution in [0.1, 0.15) is 58.3 Å². The Morgan fingerprint density at radius 2 is 1.80 bits per heavy atom. The van der Waals surface area contributed by atoms with Crippen molar-refractivity contribution < 1.29 is 9.90 Å². The number of hydrogen-bond acceptors (Lipinski definition) is 2. The van der Waals surface area contributed by atoms with Crippen LogP contribution >= 0.6 is 0 Å². The van der Waals surface area contributed by atoms with Gasteiger partial charge in [0.2, 0.25) is 0 Å². The minimum Gasteiger partial charge on any atom is -0.480 e. The minimum absolute atomic E-state index is 0.352. The molecular weight excluding hydrogens is 190 g/mol. The molecule has 3 nitrogen and oxygen atoms in total. The van der Waals surface area contributed by atoms with Crippen molar-refractivity contribution in [1.29, 1.82) is 0 Å². The van der Waals surface area contributed by atoms with Crippen molar-refractivity contribution in [2.45, 2.75) is 70.4 Å². The molecule has 0 aromatic heterocycles. The normalized spacial score (nSPS) is 21.7. The average Bonchev–Trinajstić information content (AvgIpc) is 2.15. The summed E-state index contributed by atoms with van der Waals surface area (Å²) >= 11 is 0. The number of rotatable bonds is 4. The molecule has 1 atom stereocenters. The van der Waals surface area contributed by atoms with Crippen LogP contribution in [0.5, 0.6) is 0 Å². The van der Waals surface area contributed by atoms with Crippen LogP contribution in [0.3, 0.4) is 0 Å². The standard InChI is InChI=1S/C12H23NO2/c1-2-11(12(14)15)13-10-8-6-4-3-5-7-9-10/h10-11,13H,2-9H2,1H3,(H,14,15). The zero-order valence-electron chi connectivity index (χ0n) is 9.67. The quantitative estimate of drug-likeness (QED) is 0.754. The largest absolute Gasteiger partial charge is 0.480 e. The summed E-state index contributed by atoms with van der Waals surface area (Å²) in [5, 5.41) is 12.2. The van der Waals surface area contributed by atoms with Crippen LogP contribution in [0, 0.1) is 0 Å². The van der Waals surface area contributed by atoms with Crippen LogP contribution in [-0.4, -0.2) is 23.2 Å². The summed E-state index contributed by atoms with van der Waals surface area (Å²) in [6, 6.07) is 0.0702. The predicted octanol–water partition coefficient (Wildman–Crippen LogP) is 2.55. The molecule has 3 heteroatoms. The molecule has 0 heterocycles. The highest BCUT2D eigenvalue weighted by Crippen LogP contribution is 2.17. The summed E-state index contributed by atoms with van der Waals surface area (Å²) < 4.78 is 0. The number of carboxylic acids is 1. The molecule has 1 aliphatic rings. The van der Waals surface area contributed by atoms with Crippen LogP contribution in [0.4, 0.5) is 0 Å². The summed E-state index contributed by atoms with van der Waals surface area (Å²) in [4.78, 5) is 10.9. The van der Waals surface area contributed by atoms with Gasteiger partial charge in [-0.3, -0.25) is 4.79 Å². The first-order valence-corrected chi connectivity index (χ1v) is 6.23. The van der Waals surface area contributed by atoms with E-state index in [1.54, 1.807) is 0 Å².